The minimum atomic E-state index is -0.307. The van der Waals surface area contributed by atoms with Crippen molar-refractivity contribution >= 4 is 5.84 Å². The maximum Gasteiger partial charge on any atom is 0.170 e. The van der Waals surface area contributed by atoms with E-state index in [4.69, 9.17) is 10.9 Å². The van der Waals surface area contributed by atoms with Gasteiger partial charge in [0.2, 0.25) is 0 Å². The van der Waals surface area contributed by atoms with Crippen LogP contribution < -0.4 is 5.73 Å². The van der Waals surface area contributed by atoms with Crippen LogP contribution in [-0.4, -0.2) is 28.5 Å². The van der Waals surface area contributed by atoms with E-state index in [2.05, 4.69) is 17.0 Å². The van der Waals surface area contributed by atoms with Crippen LogP contribution in [0.5, 0.6) is 0 Å². The van der Waals surface area contributed by atoms with Gasteiger partial charge in [-0.05, 0) is 25.5 Å². The summed E-state index contributed by atoms with van der Waals surface area (Å²) in [4.78, 5) is 2.27. The van der Waals surface area contributed by atoms with Crippen LogP contribution in [0.3, 0.4) is 0 Å². The Kier molecular flexibility index (Phi) is 3.81. The maximum atomic E-state index is 13.9. The highest BCUT2D eigenvalue weighted by Gasteiger charge is 2.28. The van der Waals surface area contributed by atoms with Crippen molar-refractivity contribution in [2.45, 2.75) is 32.4 Å². The Hall–Kier alpha value is -1.62. The first-order valence-corrected chi connectivity index (χ1v) is 6.16. The molecule has 2 rings (SSSR count). The Morgan fingerprint density at radius 2 is 2.28 bits per heavy atom. The van der Waals surface area contributed by atoms with Crippen molar-refractivity contribution < 1.29 is 9.60 Å². The van der Waals surface area contributed by atoms with Gasteiger partial charge in [0, 0.05) is 23.7 Å². The fraction of sp³-hybridized carbons (Fsp3) is 0.462. The van der Waals surface area contributed by atoms with Crippen molar-refractivity contribution in [3.63, 3.8) is 0 Å². The second kappa shape index (κ2) is 5.35. The van der Waals surface area contributed by atoms with Crippen molar-refractivity contribution in [2.24, 2.45) is 10.9 Å². The molecule has 0 amide bonds. The molecule has 0 bridgehead atoms. The van der Waals surface area contributed by atoms with Crippen molar-refractivity contribution in [3.8, 4) is 0 Å². The standard InChI is InChI=1S/C13H18FN3O/c1-2-17(11-5-6-11)8-10-4-3-9(7-12(10)14)13(15)16-18/h3-4,7,11,18H,2,5-6,8H2,1H3,(H2,15,16). The SMILES string of the molecule is CCN(Cc1ccc(/C(N)=N/O)cc1F)C1CC1. The number of nitrogens with zero attached hydrogens (tertiary/aromatic N) is 2. The van der Waals surface area contributed by atoms with Crippen LogP contribution in [-0.2, 0) is 6.54 Å². The predicted molar refractivity (Wildman–Crippen MR) is 68.0 cm³/mol. The number of benzene rings is 1. The Labute approximate surface area is 106 Å². The molecule has 5 heteroatoms. The molecule has 0 atom stereocenters. The molecule has 1 saturated carbocycles. The fourth-order valence-corrected chi connectivity index (χ4v) is 2.05. The molecular weight excluding hydrogens is 233 g/mol. The molecule has 1 aliphatic carbocycles. The summed E-state index contributed by atoms with van der Waals surface area (Å²) >= 11 is 0. The monoisotopic (exact) mass is 251 g/mol. The topological polar surface area (TPSA) is 61.8 Å². The minimum Gasteiger partial charge on any atom is -0.409 e. The van der Waals surface area contributed by atoms with Crippen molar-refractivity contribution in [2.75, 3.05) is 6.54 Å². The Bertz CT molecular complexity index is 458. The van der Waals surface area contributed by atoms with Crippen molar-refractivity contribution in [3.05, 3.63) is 35.1 Å². The number of nitrogens with two attached hydrogens (primary N) is 1. The third-order valence-corrected chi connectivity index (χ3v) is 3.30. The summed E-state index contributed by atoms with van der Waals surface area (Å²) in [6.07, 6.45) is 2.41. The van der Waals surface area contributed by atoms with E-state index in [0.29, 0.717) is 23.7 Å². The molecule has 0 aliphatic heterocycles. The van der Waals surface area contributed by atoms with Crippen molar-refractivity contribution in [1.82, 2.24) is 4.90 Å². The third kappa shape index (κ3) is 2.79. The zero-order chi connectivity index (χ0) is 13.1. The first kappa shape index (κ1) is 12.8. The zero-order valence-electron chi connectivity index (χ0n) is 10.4. The van der Waals surface area contributed by atoms with Gasteiger partial charge in [0.25, 0.3) is 0 Å². The Morgan fingerprint density at radius 1 is 1.56 bits per heavy atom. The number of hydrogen-bond acceptors (Lipinski definition) is 3. The van der Waals surface area contributed by atoms with Crippen molar-refractivity contribution in [1.29, 1.82) is 0 Å². The minimum absolute atomic E-state index is 0.0741. The summed E-state index contributed by atoms with van der Waals surface area (Å²) in [7, 11) is 0. The fourth-order valence-electron chi connectivity index (χ4n) is 2.05. The normalized spacial score (nSPS) is 16.3. The number of hydrogen-bond donors (Lipinski definition) is 2. The van der Waals surface area contributed by atoms with Crippen LogP contribution >= 0.6 is 0 Å². The van der Waals surface area contributed by atoms with E-state index in [-0.39, 0.29) is 11.7 Å². The lowest BCUT2D eigenvalue weighted by molar-refractivity contribution is 0.265. The average molecular weight is 251 g/mol. The lowest BCUT2D eigenvalue weighted by atomic mass is 10.1. The molecule has 0 aromatic heterocycles. The van der Waals surface area contributed by atoms with E-state index in [1.54, 1.807) is 12.1 Å². The smallest absolute Gasteiger partial charge is 0.170 e. The molecule has 1 fully saturated rings. The summed E-state index contributed by atoms with van der Waals surface area (Å²) in [6, 6.07) is 5.30. The maximum absolute atomic E-state index is 13.9. The van der Waals surface area contributed by atoms with Crippen LogP contribution in [0.2, 0.25) is 0 Å². The molecule has 3 N–H and O–H groups in total. The van der Waals surface area contributed by atoms with Gasteiger partial charge < -0.3 is 10.9 Å². The molecule has 98 valence electrons. The Balaban J connectivity index is 2.14. The summed E-state index contributed by atoms with van der Waals surface area (Å²) in [5.74, 6) is -0.381. The molecule has 0 spiro atoms. The van der Waals surface area contributed by atoms with Crippen LogP contribution in [0.4, 0.5) is 4.39 Å². The van der Waals surface area contributed by atoms with Gasteiger partial charge in [0.15, 0.2) is 5.84 Å². The largest absolute Gasteiger partial charge is 0.409 e. The van der Waals surface area contributed by atoms with Gasteiger partial charge in [-0.25, -0.2) is 4.39 Å². The summed E-state index contributed by atoms with van der Waals surface area (Å²) in [5, 5.41) is 11.4. The Morgan fingerprint density at radius 3 is 2.78 bits per heavy atom. The van der Waals surface area contributed by atoms with Gasteiger partial charge in [-0.2, -0.15) is 0 Å². The highest BCUT2D eigenvalue weighted by Crippen LogP contribution is 2.28. The highest BCUT2D eigenvalue weighted by atomic mass is 19.1. The van der Waals surface area contributed by atoms with Gasteiger partial charge in [-0.15, -0.1) is 0 Å². The first-order valence-electron chi connectivity index (χ1n) is 6.16. The molecule has 0 saturated heterocycles. The number of halogens is 1. The van der Waals surface area contributed by atoms with Crippen LogP contribution in [0.25, 0.3) is 0 Å². The molecular formula is C13H18FN3O. The van der Waals surface area contributed by atoms with E-state index in [0.717, 1.165) is 6.54 Å². The van der Waals surface area contributed by atoms with E-state index in [9.17, 15) is 4.39 Å². The van der Waals surface area contributed by atoms with Gasteiger partial charge in [-0.1, -0.05) is 24.2 Å². The quantitative estimate of drug-likeness (QED) is 0.363. The highest BCUT2D eigenvalue weighted by molar-refractivity contribution is 5.97. The second-order valence-corrected chi connectivity index (χ2v) is 4.59. The van der Waals surface area contributed by atoms with E-state index in [1.165, 1.54) is 18.9 Å². The lowest BCUT2D eigenvalue weighted by Crippen LogP contribution is -2.25. The summed E-state index contributed by atoms with van der Waals surface area (Å²) in [5.41, 5.74) is 6.47. The first-order chi connectivity index (χ1) is 8.65. The van der Waals surface area contributed by atoms with Crippen LogP contribution in [0, 0.1) is 5.82 Å². The molecule has 0 unspecified atom stereocenters. The molecule has 4 nitrogen and oxygen atoms in total. The third-order valence-electron chi connectivity index (χ3n) is 3.30. The van der Waals surface area contributed by atoms with E-state index in [1.807, 2.05) is 0 Å². The van der Waals surface area contributed by atoms with Crippen LogP contribution in [0.15, 0.2) is 23.4 Å². The average Bonchev–Trinajstić information content (AvgIpc) is 3.20. The predicted octanol–water partition coefficient (Wildman–Crippen LogP) is 1.90. The molecule has 0 heterocycles. The van der Waals surface area contributed by atoms with Gasteiger partial charge >= 0.3 is 0 Å². The molecule has 1 aromatic carbocycles. The number of amidine groups is 1. The summed E-state index contributed by atoms with van der Waals surface area (Å²) < 4.78 is 13.9. The number of oxime groups is 1. The van der Waals surface area contributed by atoms with E-state index >= 15 is 0 Å². The molecule has 18 heavy (non-hydrogen) atoms. The second-order valence-electron chi connectivity index (χ2n) is 4.59. The summed E-state index contributed by atoms with van der Waals surface area (Å²) in [6.45, 7) is 3.62. The number of rotatable bonds is 5. The van der Waals surface area contributed by atoms with Gasteiger partial charge in [0.05, 0.1) is 0 Å². The van der Waals surface area contributed by atoms with Gasteiger partial charge in [-0.3, -0.25) is 4.90 Å². The van der Waals surface area contributed by atoms with Gasteiger partial charge in [0.1, 0.15) is 5.82 Å². The molecule has 1 aliphatic rings. The zero-order valence-corrected chi connectivity index (χ0v) is 10.4. The lowest BCUT2D eigenvalue weighted by Gasteiger charge is -2.20. The molecule has 0 radical (unpaired) electrons. The van der Waals surface area contributed by atoms with E-state index < -0.39 is 0 Å². The van der Waals surface area contributed by atoms with Crippen LogP contribution in [0.1, 0.15) is 30.9 Å². The molecule has 1 aromatic rings.